The van der Waals surface area contributed by atoms with Gasteiger partial charge in [0, 0.05) is 5.69 Å². The minimum atomic E-state index is -0.343. The molecule has 150 valence electrons. The van der Waals surface area contributed by atoms with E-state index in [0.29, 0.717) is 22.5 Å². The maximum Gasteiger partial charge on any atom is 0.261 e. The van der Waals surface area contributed by atoms with Crippen LogP contribution in [0.3, 0.4) is 0 Å². The minimum absolute atomic E-state index is 0.179. The Morgan fingerprint density at radius 1 is 1.00 bits per heavy atom. The van der Waals surface area contributed by atoms with Crippen molar-refractivity contribution in [3.63, 3.8) is 0 Å². The van der Waals surface area contributed by atoms with Gasteiger partial charge in [0.05, 0.1) is 18.4 Å². The fraction of sp³-hybridized carbons (Fsp3) is 0.0909. The Morgan fingerprint density at radius 2 is 1.77 bits per heavy atom. The van der Waals surface area contributed by atoms with Crippen LogP contribution in [0.2, 0.25) is 0 Å². The molecule has 1 heterocycles. The Hall–Kier alpha value is -3.78. The number of nitrogens with one attached hydrogen (secondary N) is 2. The summed E-state index contributed by atoms with van der Waals surface area (Å²) in [5.74, 6) is 0.181. The van der Waals surface area contributed by atoms with Gasteiger partial charge >= 0.3 is 0 Å². The lowest BCUT2D eigenvalue weighted by Gasteiger charge is -2.13. The summed E-state index contributed by atoms with van der Waals surface area (Å²) in [5.41, 5.74) is 4.32. The molecule has 0 unspecified atom stereocenters. The molecule has 4 rings (SSSR count). The fourth-order valence-corrected chi connectivity index (χ4v) is 3.31. The van der Waals surface area contributed by atoms with Gasteiger partial charge in [-0.3, -0.25) is 10.1 Å². The van der Waals surface area contributed by atoms with Crippen LogP contribution in [0.5, 0.6) is 5.75 Å². The van der Waals surface area contributed by atoms with Crippen molar-refractivity contribution in [2.75, 3.05) is 12.4 Å². The number of carbonyl (C=O) groups is 1. The number of methoxy groups -OCH3 is 1. The third-order valence-electron chi connectivity index (χ3n) is 4.51. The number of hydrogen-bond acceptors (Lipinski definition) is 5. The number of benzene rings is 3. The number of anilines is 1. The molecular formula is C22H19N5O2S. The van der Waals surface area contributed by atoms with Crippen LogP contribution in [-0.4, -0.2) is 33.1 Å². The first-order chi connectivity index (χ1) is 14.5. The maximum atomic E-state index is 12.6. The zero-order chi connectivity index (χ0) is 21.1. The molecule has 0 radical (unpaired) electrons. The van der Waals surface area contributed by atoms with Gasteiger partial charge in [-0.25, -0.2) is 0 Å². The number of rotatable bonds is 4. The number of thiocarbonyl (C=S) groups is 1. The topological polar surface area (TPSA) is 81.1 Å². The molecule has 0 aliphatic rings. The van der Waals surface area contributed by atoms with Crippen molar-refractivity contribution in [2.45, 2.75) is 6.92 Å². The number of ether oxygens (including phenoxy) is 1. The fourth-order valence-electron chi connectivity index (χ4n) is 3.10. The molecule has 0 bridgehead atoms. The summed E-state index contributed by atoms with van der Waals surface area (Å²) in [6.07, 6.45) is 0. The summed E-state index contributed by atoms with van der Waals surface area (Å²) >= 11 is 5.30. The second-order valence-electron chi connectivity index (χ2n) is 6.59. The van der Waals surface area contributed by atoms with Crippen LogP contribution in [0, 0.1) is 6.92 Å². The van der Waals surface area contributed by atoms with E-state index in [1.807, 2.05) is 61.5 Å². The largest absolute Gasteiger partial charge is 0.496 e. The van der Waals surface area contributed by atoms with Crippen molar-refractivity contribution in [1.82, 2.24) is 20.3 Å². The second-order valence-corrected chi connectivity index (χ2v) is 7.00. The van der Waals surface area contributed by atoms with Gasteiger partial charge in [0.1, 0.15) is 16.8 Å². The van der Waals surface area contributed by atoms with Crippen LogP contribution < -0.4 is 15.4 Å². The molecule has 1 aromatic heterocycles. The highest BCUT2D eigenvalue weighted by Crippen LogP contribution is 2.23. The first kappa shape index (κ1) is 19.5. The monoisotopic (exact) mass is 417 g/mol. The summed E-state index contributed by atoms with van der Waals surface area (Å²) in [6, 6.07) is 20.5. The zero-order valence-electron chi connectivity index (χ0n) is 16.4. The maximum absolute atomic E-state index is 12.6. The molecule has 3 aromatic carbocycles. The van der Waals surface area contributed by atoms with E-state index in [-0.39, 0.29) is 11.0 Å². The molecule has 0 saturated carbocycles. The SMILES string of the molecule is COc1c(C)cccc1C(=O)NC(=S)Nc1ccc2nn(-c3ccccc3)nc2c1. The smallest absolute Gasteiger partial charge is 0.261 e. The number of fused-ring (bicyclic) bond motifs is 1. The quantitative estimate of drug-likeness (QED) is 0.491. The first-order valence-electron chi connectivity index (χ1n) is 9.23. The van der Waals surface area contributed by atoms with E-state index in [9.17, 15) is 4.79 Å². The number of aryl methyl sites for hydroxylation is 1. The number of hydrogen-bond donors (Lipinski definition) is 2. The van der Waals surface area contributed by atoms with E-state index in [0.717, 1.165) is 16.8 Å². The van der Waals surface area contributed by atoms with Gasteiger partial charge < -0.3 is 10.1 Å². The van der Waals surface area contributed by atoms with Crippen LogP contribution in [0.4, 0.5) is 5.69 Å². The van der Waals surface area contributed by atoms with Crippen LogP contribution in [0.25, 0.3) is 16.7 Å². The van der Waals surface area contributed by atoms with Gasteiger partial charge in [0.15, 0.2) is 5.11 Å². The normalized spacial score (nSPS) is 10.6. The number of para-hydroxylation sites is 2. The molecule has 1 amide bonds. The molecule has 0 spiro atoms. The molecule has 4 aromatic rings. The second kappa shape index (κ2) is 8.30. The van der Waals surface area contributed by atoms with Gasteiger partial charge in [-0.1, -0.05) is 30.3 Å². The highest BCUT2D eigenvalue weighted by Gasteiger charge is 2.15. The Morgan fingerprint density at radius 3 is 2.53 bits per heavy atom. The highest BCUT2D eigenvalue weighted by atomic mass is 32.1. The van der Waals surface area contributed by atoms with Crippen molar-refractivity contribution >= 4 is 40.0 Å². The molecule has 8 heteroatoms. The van der Waals surface area contributed by atoms with Crippen molar-refractivity contribution in [3.8, 4) is 11.4 Å². The van der Waals surface area contributed by atoms with E-state index in [1.54, 1.807) is 16.9 Å². The average Bonchev–Trinajstić information content (AvgIpc) is 3.17. The molecule has 2 N–H and O–H groups in total. The summed E-state index contributed by atoms with van der Waals surface area (Å²) in [7, 11) is 1.54. The van der Waals surface area contributed by atoms with Crippen LogP contribution in [-0.2, 0) is 0 Å². The predicted octanol–water partition coefficient (Wildman–Crippen LogP) is 3.86. The summed E-state index contributed by atoms with van der Waals surface area (Å²) < 4.78 is 5.34. The van der Waals surface area contributed by atoms with Gasteiger partial charge in [-0.15, -0.1) is 10.2 Å². The Bertz CT molecular complexity index is 1240. The Kier molecular flexibility index (Phi) is 5.40. The standard InChI is InChI=1S/C22H19N5O2S/c1-14-7-6-10-17(20(14)29-2)21(28)24-22(30)23-15-11-12-18-19(13-15)26-27(25-18)16-8-4-3-5-9-16/h3-13H,1-2H3,(H2,23,24,28,30). The van der Waals surface area contributed by atoms with Crippen LogP contribution in [0.15, 0.2) is 66.7 Å². The predicted molar refractivity (Wildman–Crippen MR) is 120 cm³/mol. The number of carbonyl (C=O) groups excluding carboxylic acids is 1. The molecule has 0 fully saturated rings. The van der Waals surface area contributed by atoms with Crippen LogP contribution in [0.1, 0.15) is 15.9 Å². The summed E-state index contributed by atoms with van der Waals surface area (Å²) in [5, 5.41) is 14.9. The summed E-state index contributed by atoms with van der Waals surface area (Å²) in [4.78, 5) is 14.2. The molecule has 0 aliphatic carbocycles. The lowest BCUT2D eigenvalue weighted by atomic mass is 10.1. The summed E-state index contributed by atoms with van der Waals surface area (Å²) in [6.45, 7) is 1.88. The number of amides is 1. The van der Waals surface area contributed by atoms with Crippen molar-refractivity contribution < 1.29 is 9.53 Å². The van der Waals surface area contributed by atoms with E-state index in [4.69, 9.17) is 17.0 Å². The molecule has 30 heavy (non-hydrogen) atoms. The lowest BCUT2D eigenvalue weighted by molar-refractivity contribution is 0.0974. The van der Waals surface area contributed by atoms with Gasteiger partial charge in [-0.2, -0.15) is 4.80 Å². The Labute approximate surface area is 178 Å². The Balaban J connectivity index is 1.49. The molecular weight excluding hydrogens is 398 g/mol. The van der Waals surface area contributed by atoms with Crippen LogP contribution >= 0.6 is 12.2 Å². The first-order valence-corrected chi connectivity index (χ1v) is 9.64. The van der Waals surface area contributed by atoms with E-state index in [2.05, 4.69) is 20.8 Å². The number of aromatic nitrogens is 3. The zero-order valence-corrected chi connectivity index (χ0v) is 17.2. The van der Waals surface area contributed by atoms with Crippen molar-refractivity contribution in [3.05, 3.63) is 77.9 Å². The van der Waals surface area contributed by atoms with Crippen molar-refractivity contribution in [2.24, 2.45) is 0 Å². The third-order valence-corrected chi connectivity index (χ3v) is 4.72. The van der Waals surface area contributed by atoms with E-state index >= 15 is 0 Å². The molecule has 7 nitrogen and oxygen atoms in total. The third kappa shape index (κ3) is 3.99. The van der Waals surface area contributed by atoms with Gasteiger partial charge in [0.2, 0.25) is 0 Å². The average molecular weight is 417 g/mol. The molecule has 0 aliphatic heterocycles. The molecule has 0 saturated heterocycles. The highest BCUT2D eigenvalue weighted by molar-refractivity contribution is 7.80. The van der Waals surface area contributed by atoms with Gasteiger partial charge in [0.25, 0.3) is 5.91 Å². The number of nitrogens with zero attached hydrogens (tertiary/aromatic N) is 3. The lowest BCUT2D eigenvalue weighted by Crippen LogP contribution is -2.34. The van der Waals surface area contributed by atoms with E-state index < -0.39 is 0 Å². The minimum Gasteiger partial charge on any atom is -0.496 e. The molecule has 0 atom stereocenters. The van der Waals surface area contributed by atoms with E-state index in [1.165, 1.54) is 7.11 Å². The van der Waals surface area contributed by atoms with Crippen molar-refractivity contribution in [1.29, 1.82) is 0 Å². The van der Waals surface area contributed by atoms with Gasteiger partial charge in [-0.05, 0) is 61.1 Å².